The van der Waals surface area contributed by atoms with E-state index in [0.717, 1.165) is 0 Å². The Bertz CT molecular complexity index is 417. The van der Waals surface area contributed by atoms with E-state index in [9.17, 15) is 4.79 Å². The Kier molecular flexibility index (Phi) is 3.17. The van der Waals surface area contributed by atoms with Gasteiger partial charge >= 0.3 is 0 Å². The van der Waals surface area contributed by atoms with Crippen LogP contribution >= 0.6 is 11.6 Å². The highest BCUT2D eigenvalue weighted by Gasteiger charge is 2.22. The first-order chi connectivity index (χ1) is 7.65. The van der Waals surface area contributed by atoms with E-state index in [-0.39, 0.29) is 17.9 Å². The van der Waals surface area contributed by atoms with Crippen LogP contribution in [0.15, 0.2) is 24.3 Å². The quantitative estimate of drug-likeness (QED) is 0.753. The molecule has 1 amide bonds. The third kappa shape index (κ3) is 2.56. The van der Waals surface area contributed by atoms with Crippen LogP contribution in [0.25, 0.3) is 0 Å². The molecule has 1 aromatic rings. The Hall–Kier alpha value is -1.46. The molecule has 1 aromatic heterocycles. The molecule has 3 N–H and O–H groups in total. The highest BCUT2D eigenvalue weighted by molar-refractivity contribution is 6.29. The predicted molar refractivity (Wildman–Crippen MR) is 60.9 cm³/mol. The first-order valence-corrected chi connectivity index (χ1v) is 5.27. The van der Waals surface area contributed by atoms with Crippen molar-refractivity contribution in [3.05, 3.63) is 29.4 Å². The zero-order valence-electron chi connectivity index (χ0n) is 8.43. The fourth-order valence-corrected chi connectivity index (χ4v) is 1.62. The number of anilines is 1. The highest BCUT2D eigenvalue weighted by Crippen LogP contribution is 2.18. The zero-order valence-corrected chi connectivity index (χ0v) is 9.19. The van der Waals surface area contributed by atoms with Crippen LogP contribution in [0.4, 0.5) is 5.82 Å². The summed E-state index contributed by atoms with van der Waals surface area (Å²) in [5, 5.41) is 10.3. The molecule has 16 heavy (non-hydrogen) atoms. The van der Waals surface area contributed by atoms with Gasteiger partial charge in [0.1, 0.15) is 0 Å². The Morgan fingerprint density at radius 3 is 2.81 bits per heavy atom. The standard InChI is InChI=1S/C10H11ClN4O/c11-8-3-4-9(15-14-8)13-10(16)6-1-2-7(12)5-6/h1-4,6-7H,5,12H2,(H,13,15,16). The van der Waals surface area contributed by atoms with Crippen LogP contribution in [0.1, 0.15) is 6.42 Å². The second-order valence-corrected chi connectivity index (χ2v) is 4.01. The van der Waals surface area contributed by atoms with Gasteiger partial charge in [0.25, 0.3) is 0 Å². The maximum absolute atomic E-state index is 11.7. The molecule has 0 bridgehead atoms. The minimum absolute atomic E-state index is 0.0351. The van der Waals surface area contributed by atoms with Gasteiger partial charge in [-0.05, 0) is 18.6 Å². The number of amides is 1. The second kappa shape index (κ2) is 4.59. The molecule has 0 radical (unpaired) electrons. The van der Waals surface area contributed by atoms with Gasteiger partial charge in [0.15, 0.2) is 11.0 Å². The van der Waals surface area contributed by atoms with Gasteiger partial charge < -0.3 is 11.1 Å². The lowest BCUT2D eigenvalue weighted by atomic mass is 10.1. The number of hydrogen-bond donors (Lipinski definition) is 2. The summed E-state index contributed by atoms with van der Waals surface area (Å²) in [6.45, 7) is 0. The fourth-order valence-electron chi connectivity index (χ4n) is 1.52. The maximum Gasteiger partial charge on any atom is 0.232 e. The molecule has 2 unspecified atom stereocenters. The van der Waals surface area contributed by atoms with Gasteiger partial charge in [0, 0.05) is 6.04 Å². The Morgan fingerprint density at radius 1 is 1.44 bits per heavy atom. The monoisotopic (exact) mass is 238 g/mol. The van der Waals surface area contributed by atoms with Gasteiger partial charge in [-0.2, -0.15) is 0 Å². The lowest BCUT2D eigenvalue weighted by molar-refractivity contribution is -0.118. The molecule has 0 saturated carbocycles. The van der Waals surface area contributed by atoms with Crippen LogP contribution in [-0.4, -0.2) is 22.1 Å². The van der Waals surface area contributed by atoms with Crippen LogP contribution < -0.4 is 11.1 Å². The molecule has 2 rings (SSSR count). The SMILES string of the molecule is NC1C=CC(C(=O)Nc2ccc(Cl)nn2)C1. The van der Waals surface area contributed by atoms with Crippen LogP contribution in [0.2, 0.25) is 5.15 Å². The van der Waals surface area contributed by atoms with Crippen molar-refractivity contribution < 1.29 is 4.79 Å². The first-order valence-electron chi connectivity index (χ1n) is 4.89. The predicted octanol–water partition coefficient (Wildman–Crippen LogP) is 0.972. The molecule has 1 heterocycles. The average Bonchev–Trinajstić information content (AvgIpc) is 2.68. The lowest BCUT2D eigenvalue weighted by Crippen LogP contribution is -2.24. The van der Waals surface area contributed by atoms with E-state index in [2.05, 4.69) is 15.5 Å². The van der Waals surface area contributed by atoms with Crippen molar-refractivity contribution in [2.45, 2.75) is 12.5 Å². The normalized spacial score (nSPS) is 23.4. The number of nitrogens with zero attached hydrogens (tertiary/aromatic N) is 2. The van der Waals surface area contributed by atoms with Crippen LogP contribution in [0, 0.1) is 5.92 Å². The van der Waals surface area contributed by atoms with E-state index in [1.807, 2.05) is 12.2 Å². The molecule has 84 valence electrons. The number of carbonyl (C=O) groups excluding carboxylic acids is 1. The topological polar surface area (TPSA) is 80.9 Å². The Balaban J connectivity index is 1.97. The van der Waals surface area contributed by atoms with Gasteiger partial charge in [0.2, 0.25) is 5.91 Å². The van der Waals surface area contributed by atoms with Gasteiger partial charge in [0.05, 0.1) is 5.92 Å². The van der Waals surface area contributed by atoms with Crippen molar-refractivity contribution in [3.63, 3.8) is 0 Å². The van der Waals surface area contributed by atoms with Gasteiger partial charge in [-0.15, -0.1) is 10.2 Å². The average molecular weight is 239 g/mol. The smallest absolute Gasteiger partial charge is 0.232 e. The molecular formula is C10H11ClN4O. The molecule has 0 spiro atoms. The van der Waals surface area contributed by atoms with Crippen LogP contribution in [0.5, 0.6) is 0 Å². The molecule has 0 aliphatic heterocycles. The molecule has 5 nitrogen and oxygen atoms in total. The Labute approximate surface area is 97.7 Å². The number of hydrogen-bond acceptors (Lipinski definition) is 4. The van der Waals surface area contributed by atoms with Crippen LogP contribution in [-0.2, 0) is 4.79 Å². The number of aromatic nitrogens is 2. The third-order valence-corrected chi connectivity index (χ3v) is 2.54. The summed E-state index contributed by atoms with van der Waals surface area (Å²) < 4.78 is 0. The van der Waals surface area contributed by atoms with Gasteiger partial charge in [-0.1, -0.05) is 23.8 Å². The van der Waals surface area contributed by atoms with Crippen molar-refractivity contribution in [3.8, 4) is 0 Å². The van der Waals surface area contributed by atoms with Crippen molar-refractivity contribution in [2.75, 3.05) is 5.32 Å². The molecule has 1 aliphatic carbocycles. The molecular weight excluding hydrogens is 228 g/mol. The van der Waals surface area contributed by atoms with Crippen molar-refractivity contribution >= 4 is 23.3 Å². The van der Waals surface area contributed by atoms with E-state index in [4.69, 9.17) is 17.3 Å². The van der Waals surface area contributed by atoms with E-state index in [1.54, 1.807) is 12.1 Å². The minimum atomic E-state index is -0.188. The van der Waals surface area contributed by atoms with Gasteiger partial charge in [-0.3, -0.25) is 4.79 Å². The molecule has 0 saturated heterocycles. The van der Waals surface area contributed by atoms with Gasteiger partial charge in [-0.25, -0.2) is 0 Å². The third-order valence-electron chi connectivity index (χ3n) is 2.34. The first kappa shape index (κ1) is 11.0. The summed E-state index contributed by atoms with van der Waals surface area (Å²) in [6.07, 6.45) is 4.27. The summed E-state index contributed by atoms with van der Waals surface area (Å²) in [7, 11) is 0. The number of nitrogens with one attached hydrogen (secondary N) is 1. The summed E-state index contributed by atoms with van der Waals surface area (Å²) in [5.74, 6) is 0.0802. The Morgan fingerprint density at radius 2 is 2.25 bits per heavy atom. The van der Waals surface area contributed by atoms with E-state index in [1.165, 1.54) is 0 Å². The van der Waals surface area contributed by atoms with E-state index >= 15 is 0 Å². The minimum Gasteiger partial charge on any atom is -0.324 e. The molecule has 1 aliphatic rings. The molecule has 2 atom stereocenters. The van der Waals surface area contributed by atoms with E-state index in [0.29, 0.717) is 17.4 Å². The van der Waals surface area contributed by atoms with Crippen molar-refractivity contribution in [2.24, 2.45) is 11.7 Å². The summed E-state index contributed by atoms with van der Waals surface area (Å²) >= 11 is 5.58. The maximum atomic E-state index is 11.7. The highest BCUT2D eigenvalue weighted by atomic mass is 35.5. The van der Waals surface area contributed by atoms with Crippen molar-refractivity contribution in [1.82, 2.24) is 10.2 Å². The number of nitrogens with two attached hydrogens (primary N) is 1. The number of rotatable bonds is 2. The fraction of sp³-hybridized carbons (Fsp3) is 0.300. The van der Waals surface area contributed by atoms with E-state index < -0.39 is 0 Å². The molecule has 0 fully saturated rings. The zero-order chi connectivity index (χ0) is 11.5. The van der Waals surface area contributed by atoms with Crippen LogP contribution in [0.3, 0.4) is 0 Å². The largest absolute Gasteiger partial charge is 0.324 e. The summed E-state index contributed by atoms with van der Waals surface area (Å²) in [5.41, 5.74) is 5.66. The molecule has 6 heteroatoms. The summed E-state index contributed by atoms with van der Waals surface area (Å²) in [6, 6.07) is 3.14. The number of carbonyl (C=O) groups is 1. The lowest BCUT2D eigenvalue weighted by Gasteiger charge is -2.09. The summed E-state index contributed by atoms with van der Waals surface area (Å²) in [4.78, 5) is 11.7. The van der Waals surface area contributed by atoms with Crippen molar-refractivity contribution in [1.29, 1.82) is 0 Å². The molecule has 0 aromatic carbocycles. The number of halogens is 1. The second-order valence-electron chi connectivity index (χ2n) is 3.62.